The molecule has 1 aliphatic rings. The van der Waals surface area contributed by atoms with Crippen molar-refractivity contribution in [1.82, 2.24) is 9.62 Å². The zero-order chi connectivity index (χ0) is 19.2. The molecule has 2 N–H and O–H groups in total. The molecule has 1 heterocycles. The lowest BCUT2D eigenvalue weighted by Gasteiger charge is -2.24. The monoisotopic (exact) mass is 382 g/mol. The highest BCUT2D eigenvalue weighted by atomic mass is 32.2. The molecular formula is C18H30N4O3S. The van der Waals surface area contributed by atoms with Gasteiger partial charge in [-0.2, -0.15) is 4.31 Å². The van der Waals surface area contributed by atoms with Crippen LogP contribution >= 0.6 is 0 Å². The van der Waals surface area contributed by atoms with Gasteiger partial charge >= 0.3 is 0 Å². The Hall–Kier alpha value is -1.64. The fourth-order valence-corrected chi connectivity index (χ4v) is 4.66. The predicted molar refractivity (Wildman–Crippen MR) is 105 cm³/mol. The van der Waals surface area contributed by atoms with Gasteiger partial charge in [0.1, 0.15) is 0 Å². The maximum Gasteiger partial charge on any atom is 0.243 e. The van der Waals surface area contributed by atoms with Gasteiger partial charge in [0.15, 0.2) is 0 Å². The third-order valence-electron chi connectivity index (χ3n) is 4.63. The molecule has 1 aromatic rings. The highest BCUT2D eigenvalue weighted by Gasteiger charge is 2.24. The average molecular weight is 383 g/mol. The Balaban J connectivity index is 2.38. The summed E-state index contributed by atoms with van der Waals surface area (Å²) in [7, 11) is -1.77. The van der Waals surface area contributed by atoms with E-state index in [1.165, 1.54) is 4.31 Å². The van der Waals surface area contributed by atoms with Crippen molar-refractivity contribution in [2.24, 2.45) is 0 Å². The first kappa shape index (κ1) is 20.7. The number of rotatable bonds is 9. The van der Waals surface area contributed by atoms with Crippen molar-refractivity contribution in [1.29, 1.82) is 0 Å². The SMILES string of the molecule is CCN(CC)S(=O)(=O)c1ccc(N2CCCC2)c(NC(=O)CCNC)c1. The summed E-state index contributed by atoms with van der Waals surface area (Å²) in [5.74, 6) is -0.128. The quantitative estimate of drug-likeness (QED) is 0.681. The zero-order valence-corrected chi connectivity index (χ0v) is 16.7. The molecule has 0 unspecified atom stereocenters. The van der Waals surface area contributed by atoms with Crippen molar-refractivity contribution in [2.75, 3.05) is 50.0 Å². The molecular weight excluding hydrogens is 352 g/mol. The molecule has 7 nitrogen and oxygen atoms in total. The van der Waals surface area contributed by atoms with Gasteiger partial charge in [-0.1, -0.05) is 13.8 Å². The molecule has 1 aromatic carbocycles. The largest absolute Gasteiger partial charge is 0.370 e. The fourth-order valence-electron chi connectivity index (χ4n) is 3.17. The Morgan fingerprint density at radius 3 is 2.42 bits per heavy atom. The highest BCUT2D eigenvalue weighted by molar-refractivity contribution is 7.89. The number of carbonyl (C=O) groups is 1. The molecule has 1 fully saturated rings. The first-order chi connectivity index (χ1) is 12.4. The summed E-state index contributed by atoms with van der Waals surface area (Å²) in [6.45, 7) is 6.87. The molecule has 0 spiro atoms. The van der Waals surface area contributed by atoms with Crippen LogP contribution in [0.1, 0.15) is 33.1 Å². The van der Waals surface area contributed by atoms with Crippen molar-refractivity contribution >= 4 is 27.3 Å². The van der Waals surface area contributed by atoms with Crippen LogP contribution in [0.3, 0.4) is 0 Å². The van der Waals surface area contributed by atoms with E-state index in [0.717, 1.165) is 31.6 Å². The number of nitrogens with zero attached hydrogens (tertiary/aromatic N) is 2. The zero-order valence-electron chi connectivity index (χ0n) is 15.9. The van der Waals surface area contributed by atoms with Gasteiger partial charge in [0, 0.05) is 39.1 Å². The first-order valence-electron chi connectivity index (χ1n) is 9.27. The van der Waals surface area contributed by atoms with Gasteiger partial charge < -0.3 is 15.5 Å². The van der Waals surface area contributed by atoms with E-state index in [9.17, 15) is 13.2 Å². The van der Waals surface area contributed by atoms with E-state index in [1.54, 1.807) is 19.2 Å². The summed E-state index contributed by atoms with van der Waals surface area (Å²) in [6.07, 6.45) is 2.54. The highest BCUT2D eigenvalue weighted by Crippen LogP contribution is 2.32. The van der Waals surface area contributed by atoms with Crippen LogP contribution in [0.4, 0.5) is 11.4 Å². The minimum Gasteiger partial charge on any atom is -0.370 e. The van der Waals surface area contributed by atoms with E-state index in [1.807, 2.05) is 19.9 Å². The maximum atomic E-state index is 12.8. The Morgan fingerprint density at radius 2 is 1.85 bits per heavy atom. The van der Waals surface area contributed by atoms with Gasteiger partial charge in [-0.15, -0.1) is 0 Å². The minimum atomic E-state index is -3.57. The van der Waals surface area contributed by atoms with Crippen LogP contribution in [0.2, 0.25) is 0 Å². The first-order valence-corrected chi connectivity index (χ1v) is 10.7. The van der Waals surface area contributed by atoms with Crippen LogP contribution < -0.4 is 15.5 Å². The number of hydrogen-bond acceptors (Lipinski definition) is 5. The molecule has 0 aliphatic carbocycles. The molecule has 0 aromatic heterocycles. The molecule has 0 saturated carbocycles. The summed E-state index contributed by atoms with van der Waals surface area (Å²) >= 11 is 0. The van der Waals surface area contributed by atoms with Crippen LogP contribution in [-0.4, -0.2) is 58.4 Å². The number of hydrogen-bond donors (Lipinski definition) is 2. The lowest BCUT2D eigenvalue weighted by molar-refractivity contribution is -0.116. The number of sulfonamides is 1. The molecule has 1 amide bonds. The van der Waals surface area contributed by atoms with E-state index >= 15 is 0 Å². The Morgan fingerprint density at radius 1 is 1.19 bits per heavy atom. The molecule has 1 aliphatic heterocycles. The second-order valence-corrected chi connectivity index (χ2v) is 8.30. The lowest BCUT2D eigenvalue weighted by Crippen LogP contribution is -2.31. The molecule has 0 radical (unpaired) electrons. The van der Waals surface area contributed by atoms with Crippen LogP contribution in [0.25, 0.3) is 0 Å². The van der Waals surface area contributed by atoms with Crippen LogP contribution in [-0.2, 0) is 14.8 Å². The van der Waals surface area contributed by atoms with Crippen LogP contribution in [0, 0.1) is 0 Å². The number of carbonyl (C=O) groups excluding carboxylic acids is 1. The lowest BCUT2D eigenvalue weighted by atomic mass is 10.2. The van der Waals surface area contributed by atoms with E-state index in [-0.39, 0.29) is 10.8 Å². The molecule has 0 bridgehead atoms. The number of anilines is 2. The molecule has 146 valence electrons. The van der Waals surface area contributed by atoms with E-state index in [2.05, 4.69) is 15.5 Å². The van der Waals surface area contributed by atoms with Crippen molar-refractivity contribution < 1.29 is 13.2 Å². The maximum absolute atomic E-state index is 12.8. The van der Waals surface area contributed by atoms with Crippen molar-refractivity contribution in [3.8, 4) is 0 Å². The van der Waals surface area contributed by atoms with Gasteiger partial charge in [0.05, 0.1) is 16.3 Å². The Kier molecular flexibility index (Phi) is 7.43. The van der Waals surface area contributed by atoms with Crippen molar-refractivity contribution in [3.05, 3.63) is 18.2 Å². The van der Waals surface area contributed by atoms with Gasteiger partial charge in [0.25, 0.3) is 0 Å². The summed E-state index contributed by atoms with van der Waals surface area (Å²) < 4.78 is 27.1. The molecule has 1 saturated heterocycles. The molecule has 2 rings (SSSR count). The second-order valence-electron chi connectivity index (χ2n) is 6.36. The summed E-state index contributed by atoms with van der Waals surface area (Å²) in [5.41, 5.74) is 1.46. The molecule has 8 heteroatoms. The van der Waals surface area contributed by atoms with Gasteiger partial charge in [-0.25, -0.2) is 8.42 Å². The smallest absolute Gasteiger partial charge is 0.243 e. The predicted octanol–water partition coefficient (Wildman–Crippen LogP) is 1.87. The van der Waals surface area contributed by atoms with Crippen LogP contribution in [0.15, 0.2) is 23.1 Å². The minimum absolute atomic E-state index is 0.128. The standard InChI is InChI=1S/C18H30N4O3S/c1-4-22(5-2)26(24,25)15-8-9-17(21-12-6-7-13-21)16(14-15)20-18(23)10-11-19-3/h8-9,14,19H,4-7,10-13H2,1-3H3,(H,20,23). The van der Waals surface area contributed by atoms with E-state index in [0.29, 0.717) is 31.7 Å². The Bertz CT molecular complexity index is 711. The number of nitrogens with one attached hydrogen (secondary N) is 2. The van der Waals surface area contributed by atoms with Crippen molar-refractivity contribution in [2.45, 2.75) is 38.0 Å². The summed E-state index contributed by atoms with van der Waals surface area (Å²) in [4.78, 5) is 14.6. The second kappa shape index (κ2) is 9.34. The Labute approximate surface area is 156 Å². The third kappa shape index (κ3) is 4.75. The van der Waals surface area contributed by atoms with Gasteiger partial charge in [-0.05, 0) is 38.1 Å². The molecule has 0 atom stereocenters. The van der Waals surface area contributed by atoms with Gasteiger partial charge in [-0.3, -0.25) is 4.79 Å². The van der Waals surface area contributed by atoms with Gasteiger partial charge in [0.2, 0.25) is 15.9 Å². The topological polar surface area (TPSA) is 81.8 Å². The fraction of sp³-hybridized carbons (Fsp3) is 0.611. The van der Waals surface area contributed by atoms with E-state index in [4.69, 9.17) is 0 Å². The molecule has 26 heavy (non-hydrogen) atoms. The normalized spacial score (nSPS) is 14.8. The van der Waals surface area contributed by atoms with Crippen LogP contribution in [0.5, 0.6) is 0 Å². The third-order valence-corrected chi connectivity index (χ3v) is 6.68. The van der Waals surface area contributed by atoms with Crippen molar-refractivity contribution in [3.63, 3.8) is 0 Å². The van der Waals surface area contributed by atoms with E-state index < -0.39 is 10.0 Å². The summed E-state index contributed by atoms with van der Waals surface area (Å²) in [6, 6.07) is 5.05. The number of benzene rings is 1. The average Bonchev–Trinajstić information content (AvgIpc) is 3.15. The number of amides is 1. The summed E-state index contributed by atoms with van der Waals surface area (Å²) in [5, 5.41) is 5.85.